The highest BCUT2D eigenvalue weighted by Crippen LogP contribution is 2.26. The number of hydrogen-bond acceptors (Lipinski definition) is 5. The zero-order valence-corrected chi connectivity index (χ0v) is 15.0. The van der Waals surface area contributed by atoms with Crippen LogP contribution < -0.4 is 11.1 Å². The zero-order chi connectivity index (χ0) is 18.8. The molecular weight excluding hydrogens is 332 g/mol. The maximum Gasteiger partial charge on any atom is 0.240 e. The van der Waals surface area contributed by atoms with Crippen LogP contribution in [0.5, 0.6) is 0 Å². The third-order valence-electron chi connectivity index (χ3n) is 4.36. The van der Waals surface area contributed by atoms with Gasteiger partial charge in [-0.05, 0) is 25.8 Å². The quantitative estimate of drug-likeness (QED) is 0.585. The lowest BCUT2D eigenvalue weighted by Gasteiger charge is -2.13. The molecule has 2 heterocycles. The van der Waals surface area contributed by atoms with Crippen molar-refractivity contribution in [3.05, 3.63) is 41.3 Å². The summed E-state index contributed by atoms with van der Waals surface area (Å²) in [5.74, 6) is 0.418. The smallest absolute Gasteiger partial charge is 0.240 e. The van der Waals surface area contributed by atoms with E-state index in [1.54, 1.807) is 13.1 Å². The summed E-state index contributed by atoms with van der Waals surface area (Å²) in [7, 11) is 0. The van der Waals surface area contributed by atoms with Gasteiger partial charge in [0.1, 0.15) is 12.4 Å². The van der Waals surface area contributed by atoms with E-state index in [4.69, 9.17) is 5.73 Å². The number of carbonyl (C=O) groups is 2. The van der Waals surface area contributed by atoms with Gasteiger partial charge in [-0.2, -0.15) is 4.98 Å². The fourth-order valence-corrected chi connectivity index (χ4v) is 3.12. The van der Waals surface area contributed by atoms with E-state index < -0.39 is 0 Å². The molecule has 4 N–H and O–H groups in total. The van der Waals surface area contributed by atoms with E-state index in [1.165, 1.54) is 6.92 Å². The number of nitrogens with two attached hydrogens (primary N) is 1. The van der Waals surface area contributed by atoms with Gasteiger partial charge in [-0.15, -0.1) is 5.10 Å². The van der Waals surface area contributed by atoms with Gasteiger partial charge in [0, 0.05) is 17.1 Å². The number of H-pyrrole nitrogens is 1. The number of benzene rings is 1. The van der Waals surface area contributed by atoms with Crippen LogP contribution in [0.1, 0.15) is 48.6 Å². The van der Waals surface area contributed by atoms with Crippen molar-refractivity contribution in [1.29, 1.82) is 0 Å². The van der Waals surface area contributed by atoms with E-state index in [0.29, 0.717) is 11.4 Å². The zero-order valence-electron chi connectivity index (χ0n) is 15.0. The van der Waals surface area contributed by atoms with Crippen molar-refractivity contribution in [2.24, 2.45) is 0 Å². The van der Waals surface area contributed by atoms with Crippen LogP contribution in [0, 0.1) is 0 Å². The first-order valence-electron chi connectivity index (χ1n) is 8.49. The van der Waals surface area contributed by atoms with Gasteiger partial charge >= 0.3 is 0 Å². The van der Waals surface area contributed by atoms with E-state index in [9.17, 15) is 9.59 Å². The van der Waals surface area contributed by atoms with Gasteiger partial charge in [-0.1, -0.05) is 25.1 Å². The first-order valence-corrected chi connectivity index (χ1v) is 8.49. The number of aromatic nitrogens is 4. The van der Waals surface area contributed by atoms with E-state index in [2.05, 4.69) is 27.4 Å². The minimum absolute atomic E-state index is 0.0204. The summed E-state index contributed by atoms with van der Waals surface area (Å²) < 4.78 is 1.84. The molecule has 2 aromatic heterocycles. The first kappa shape index (κ1) is 17.7. The van der Waals surface area contributed by atoms with Crippen LogP contribution in [0.2, 0.25) is 0 Å². The lowest BCUT2D eigenvalue weighted by molar-refractivity contribution is -0.122. The summed E-state index contributed by atoms with van der Waals surface area (Å²) >= 11 is 0. The molecular formula is C18H22N6O2. The average Bonchev–Trinajstić information content (AvgIpc) is 3.19. The molecule has 26 heavy (non-hydrogen) atoms. The van der Waals surface area contributed by atoms with Gasteiger partial charge in [-0.3, -0.25) is 14.7 Å². The number of nitrogens with one attached hydrogen (secondary N) is 2. The maximum absolute atomic E-state index is 12.5. The minimum Gasteiger partial charge on any atom is -0.367 e. The third-order valence-corrected chi connectivity index (χ3v) is 4.36. The van der Waals surface area contributed by atoms with Gasteiger partial charge in [-0.25, -0.2) is 0 Å². The Balaban J connectivity index is 1.88. The molecule has 3 aromatic rings. The summed E-state index contributed by atoms with van der Waals surface area (Å²) in [5.41, 5.74) is 8.14. The van der Waals surface area contributed by atoms with Gasteiger partial charge < -0.3 is 15.6 Å². The fraction of sp³-hybridized carbons (Fsp3) is 0.333. The van der Waals surface area contributed by atoms with Crippen molar-refractivity contribution >= 4 is 28.5 Å². The summed E-state index contributed by atoms with van der Waals surface area (Å²) in [6.45, 7) is 5.49. The van der Waals surface area contributed by atoms with Crippen LogP contribution in [-0.4, -0.2) is 31.4 Å². The second kappa shape index (κ2) is 6.99. The number of Topliss-reactive ketones (excluding diaryl/α,β-unsaturated/α-hetero) is 1. The molecule has 0 saturated heterocycles. The molecule has 1 atom stereocenters. The second-order valence-corrected chi connectivity index (χ2v) is 6.26. The van der Waals surface area contributed by atoms with Crippen LogP contribution >= 0.6 is 0 Å². The molecule has 1 aromatic carbocycles. The Kier molecular flexibility index (Phi) is 4.75. The lowest BCUT2D eigenvalue weighted by atomic mass is 10.1. The topological polar surface area (TPSA) is 119 Å². The Morgan fingerprint density at radius 1 is 1.38 bits per heavy atom. The molecule has 3 rings (SSSR count). The number of ketones is 1. The van der Waals surface area contributed by atoms with Crippen molar-refractivity contribution in [2.45, 2.75) is 39.8 Å². The van der Waals surface area contributed by atoms with Crippen LogP contribution in [-0.2, 0) is 17.8 Å². The Morgan fingerprint density at radius 3 is 2.77 bits per heavy atom. The van der Waals surface area contributed by atoms with E-state index >= 15 is 0 Å². The summed E-state index contributed by atoms with van der Waals surface area (Å²) in [6.07, 6.45) is 2.57. The molecule has 8 nitrogen and oxygen atoms in total. The second-order valence-electron chi connectivity index (χ2n) is 6.26. The molecule has 0 fully saturated rings. The molecule has 0 spiro atoms. The van der Waals surface area contributed by atoms with Gasteiger partial charge in [0.25, 0.3) is 0 Å². The largest absolute Gasteiger partial charge is 0.367 e. The number of carbonyl (C=O) groups excluding carboxylic acids is 2. The number of fused-ring (bicyclic) bond motifs is 1. The normalized spacial score (nSPS) is 12.3. The van der Waals surface area contributed by atoms with Crippen molar-refractivity contribution in [3.63, 3.8) is 0 Å². The molecule has 0 aliphatic heterocycles. The van der Waals surface area contributed by atoms with E-state index in [-0.39, 0.29) is 30.2 Å². The van der Waals surface area contributed by atoms with Crippen LogP contribution in [0.4, 0.5) is 5.95 Å². The number of aromatic amines is 1. The maximum atomic E-state index is 12.5. The van der Waals surface area contributed by atoms with Crippen molar-refractivity contribution < 1.29 is 9.59 Å². The molecule has 0 aliphatic rings. The Morgan fingerprint density at radius 2 is 2.15 bits per heavy atom. The Hall–Kier alpha value is -3.16. The molecule has 0 bridgehead atoms. The van der Waals surface area contributed by atoms with E-state index in [1.807, 2.05) is 22.8 Å². The molecule has 1 amide bonds. The number of hydrogen-bond donors (Lipinski definition) is 3. The fourth-order valence-electron chi connectivity index (χ4n) is 3.12. The highest BCUT2D eigenvalue weighted by atomic mass is 16.2. The van der Waals surface area contributed by atoms with Crippen molar-refractivity contribution in [3.8, 4) is 0 Å². The third kappa shape index (κ3) is 3.30. The number of nitrogens with zero attached hydrogens (tertiary/aromatic N) is 3. The monoisotopic (exact) mass is 354 g/mol. The number of amides is 1. The first-order chi connectivity index (χ1) is 12.4. The molecule has 0 aliphatic carbocycles. The number of anilines is 1. The lowest BCUT2D eigenvalue weighted by Crippen LogP contribution is -2.30. The van der Waals surface area contributed by atoms with Gasteiger partial charge in [0.2, 0.25) is 11.9 Å². The minimum atomic E-state index is -0.355. The van der Waals surface area contributed by atoms with E-state index in [0.717, 1.165) is 22.9 Å². The molecule has 0 saturated carbocycles. The van der Waals surface area contributed by atoms with Crippen LogP contribution in [0.25, 0.3) is 10.9 Å². The SMILES string of the molecule is CCc1cccc2c(C(C)=O)cn(CC(=O)NC(C)c3nc(N)n[nH]3)c12. The Bertz CT molecular complexity index is 971. The molecule has 8 heteroatoms. The summed E-state index contributed by atoms with van der Waals surface area (Å²) in [5, 5.41) is 10.2. The number of nitrogen functional groups attached to an aromatic ring is 1. The highest BCUT2D eigenvalue weighted by molar-refractivity contribution is 6.07. The van der Waals surface area contributed by atoms with Crippen molar-refractivity contribution in [2.75, 3.05) is 5.73 Å². The predicted octanol–water partition coefficient (Wildman–Crippen LogP) is 1.98. The Labute approximate surface area is 150 Å². The number of para-hydroxylation sites is 1. The average molecular weight is 354 g/mol. The highest BCUT2D eigenvalue weighted by Gasteiger charge is 2.18. The van der Waals surface area contributed by atoms with Crippen molar-refractivity contribution in [1.82, 2.24) is 25.1 Å². The molecule has 0 radical (unpaired) electrons. The van der Waals surface area contributed by atoms with Gasteiger partial charge in [0.15, 0.2) is 5.78 Å². The number of rotatable bonds is 6. The summed E-state index contributed by atoms with van der Waals surface area (Å²) in [6, 6.07) is 5.51. The number of aryl methyl sites for hydroxylation is 1. The molecule has 136 valence electrons. The van der Waals surface area contributed by atoms with Gasteiger partial charge in [0.05, 0.1) is 11.6 Å². The van der Waals surface area contributed by atoms with Crippen LogP contribution in [0.3, 0.4) is 0 Å². The molecule has 1 unspecified atom stereocenters. The predicted molar refractivity (Wildman–Crippen MR) is 98.7 cm³/mol. The standard InChI is InChI=1S/C18H22N6O2/c1-4-12-6-5-7-13-14(11(3)25)8-24(16(12)13)9-15(26)20-10(2)17-21-18(19)23-22-17/h5-8,10H,4,9H2,1-3H3,(H,20,26)(H3,19,21,22,23). The van der Waals surface area contributed by atoms with Crippen LogP contribution in [0.15, 0.2) is 24.4 Å². The summed E-state index contributed by atoms with van der Waals surface area (Å²) in [4.78, 5) is 28.5.